The number of hydrogen-bond acceptors (Lipinski definition) is 3. The quantitative estimate of drug-likeness (QED) is 0.414. The number of rotatable bonds is 5. The molecule has 0 bridgehead atoms. The molecule has 1 aliphatic rings. The lowest BCUT2D eigenvalue weighted by molar-refractivity contribution is 0.0697. The maximum atomic E-state index is 13.3. The summed E-state index contributed by atoms with van der Waals surface area (Å²) in [5, 5.41) is 12.7. The molecule has 1 aliphatic heterocycles. The zero-order valence-corrected chi connectivity index (χ0v) is 19.4. The predicted octanol–water partition coefficient (Wildman–Crippen LogP) is 5.01. The zero-order valence-electron chi connectivity index (χ0n) is 19.4. The summed E-state index contributed by atoms with van der Waals surface area (Å²) in [4.78, 5) is 20.8. The molecule has 1 atom stereocenters. The van der Waals surface area contributed by atoms with Crippen molar-refractivity contribution < 1.29 is 14.3 Å². The van der Waals surface area contributed by atoms with Gasteiger partial charge in [-0.3, -0.25) is 0 Å². The van der Waals surface area contributed by atoms with Crippen LogP contribution in [0.2, 0.25) is 0 Å². The number of nitrogens with one attached hydrogen (secondary N) is 1. The molecule has 1 heterocycles. The number of carboxylic acid groups (broad SMARTS) is 1. The van der Waals surface area contributed by atoms with Crippen LogP contribution < -0.4 is 10.2 Å². The van der Waals surface area contributed by atoms with E-state index in [9.17, 15) is 14.3 Å². The van der Waals surface area contributed by atoms with E-state index in [4.69, 9.17) is 4.99 Å². The molecule has 1 saturated heterocycles. The number of benzene rings is 3. The molecule has 3 aromatic rings. The number of nitrogens with zero attached hydrogens (tertiary/aromatic N) is 3. The Bertz CT molecular complexity index is 1180. The van der Waals surface area contributed by atoms with E-state index in [0.29, 0.717) is 18.2 Å². The van der Waals surface area contributed by atoms with E-state index in [2.05, 4.69) is 53.2 Å². The number of guanidine groups is 1. The van der Waals surface area contributed by atoms with Crippen LogP contribution in [-0.2, 0) is 6.54 Å². The maximum absolute atomic E-state index is 13.3. The summed E-state index contributed by atoms with van der Waals surface area (Å²) < 4.78 is 13.3. The van der Waals surface area contributed by atoms with Gasteiger partial charge in [-0.15, -0.1) is 0 Å². The van der Waals surface area contributed by atoms with Crippen molar-refractivity contribution in [1.82, 2.24) is 4.90 Å². The number of carbonyl (C=O) groups is 1. The third kappa shape index (κ3) is 5.73. The topological polar surface area (TPSA) is 68.2 Å². The molecule has 6 nitrogen and oxygen atoms in total. The molecule has 34 heavy (non-hydrogen) atoms. The van der Waals surface area contributed by atoms with Gasteiger partial charge in [0.15, 0.2) is 5.96 Å². The van der Waals surface area contributed by atoms with Crippen molar-refractivity contribution in [1.29, 1.82) is 0 Å². The summed E-state index contributed by atoms with van der Waals surface area (Å²) in [5.74, 6) is -0.589. The highest BCUT2D eigenvalue weighted by Gasteiger charge is 2.26. The smallest absolute Gasteiger partial charge is 0.335 e. The lowest BCUT2D eigenvalue weighted by Gasteiger charge is -2.42. The molecule has 4 rings (SSSR count). The molecule has 0 aromatic heterocycles. The van der Waals surface area contributed by atoms with Crippen LogP contribution in [-0.4, -0.2) is 47.6 Å². The van der Waals surface area contributed by atoms with E-state index in [1.165, 1.54) is 23.4 Å². The second-order valence-electron chi connectivity index (χ2n) is 8.60. The Morgan fingerprint density at radius 1 is 1.09 bits per heavy atom. The Labute approximate surface area is 199 Å². The SMILES string of the molecule is Cc1cccc(N2CCN(C(=NCc3ccc(F)cc3)Nc3cccc(C(=O)O)c3)C[C@@H]2C)c1. The Balaban J connectivity index is 1.56. The predicted molar refractivity (Wildman–Crippen MR) is 134 cm³/mol. The van der Waals surface area contributed by atoms with E-state index in [1.807, 2.05) is 6.07 Å². The Kier molecular flexibility index (Phi) is 7.11. The molecule has 0 unspecified atom stereocenters. The third-order valence-electron chi connectivity index (χ3n) is 5.95. The second kappa shape index (κ2) is 10.4. The van der Waals surface area contributed by atoms with Crippen molar-refractivity contribution in [3.8, 4) is 0 Å². The molecule has 0 amide bonds. The molecule has 1 fully saturated rings. The van der Waals surface area contributed by atoms with E-state index in [0.717, 1.165) is 25.2 Å². The summed E-state index contributed by atoms with van der Waals surface area (Å²) in [6.07, 6.45) is 0. The molecule has 0 saturated carbocycles. The van der Waals surface area contributed by atoms with Gasteiger partial charge >= 0.3 is 5.97 Å². The van der Waals surface area contributed by atoms with Crippen molar-refractivity contribution in [2.45, 2.75) is 26.4 Å². The summed E-state index contributed by atoms with van der Waals surface area (Å²) in [6, 6.07) is 21.8. The monoisotopic (exact) mass is 460 g/mol. The second-order valence-corrected chi connectivity index (χ2v) is 8.60. The van der Waals surface area contributed by atoms with Crippen LogP contribution in [0.25, 0.3) is 0 Å². The van der Waals surface area contributed by atoms with Crippen LogP contribution in [0.5, 0.6) is 0 Å². The van der Waals surface area contributed by atoms with Gasteiger partial charge in [-0.2, -0.15) is 0 Å². The number of aryl methyl sites for hydroxylation is 1. The highest BCUT2D eigenvalue weighted by atomic mass is 19.1. The fourth-order valence-corrected chi connectivity index (χ4v) is 4.17. The molecule has 7 heteroatoms. The van der Waals surface area contributed by atoms with Crippen molar-refractivity contribution in [3.05, 3.63) is 95.3 Å². The first-order chi connectivity index (χ1) is 16.4. The van der Waals surface area contributed by atoms with Gasteiger partial charge in [-0.05, 0) is 67.4 Å². The molecule has 0 spiro atoms. The fourth-order valence-electron chi connectivity index (χ4n) is 4.17. The number of aliphatic imine (C=N–C) groups is 1. The van der Waals surface area contributed by atoms with Crippen LogP contribution >= 0.6 is 0 Å². The molecular weight excluding hydrogens is 431 g/mol. The first kappa shape index (κ1) is 23.3. The van der Waals surface area contributed by atoms with Gasteiger partial charge in [-0.1, -0.05) is 30.3 Å². The standard InChI is InChI=1S/C27H29FN4O2/c1-19-5-3-8-25(15-19)32-14-13-31(18-20(32)2)27(29-17-21-9-11-23(28)12-10-21)30-24-7-4-6-22(16-24)26(33)34/h3-12,15-16,20H,13-14,17-18H2,1-2H3,(H,29,30)(H,33,34)/t20-/m0/s1. The summed E-state index contributed by atoms with van der Waals surface area (Å²) >= 11 is 0. The van der Waals surface area contributed by atoms with Crippen molar-refractivity contribution in [2.24, 2.45) is 4.99 Å². The van der Waals surface area contributed by atoms with Crippen LogP contribution in [0.3, 0.4) is 0 Å². The minimum atomic E-state index is -0.978. The van der Waals surface area contributed by atoms with Gasteiger partial charge in [0, 0.05) is 37.1 Å². The largest absolute Gasteiger partial charge is 0.478 e. The summed E-state index contributed by atoms with van der Waals surface area (Å²) in [7, 11) is 0. The maximum Gasteiger partial charge on any atom is 0.335 e. The normalized spacial score (nSPS) is 16.4. The van der Waals surface area contributed by atoms with Crippen LogP contribution in [0.15, 0.2) is 77.8 Å². The van der Waals surface area contributed by atoms with Crippen LogP contribution in [0.4, 0.5) is 15.8 Å². The molecule has 0 aliphatic carbocycles. The van der Waals surface area contributed by atoms with Crippen LogP contribution in [0, 0.1) is 12.7 Å². The van der Waals surface area contributed by atoms with E-state index >= 15 is 0 Å². The zero-order chi connectivity index (χ0) is 24.1. The lowest BCUT2D eigenvalue weighted by Crippen LogP contribution is -2.55. The minimum absolute atomic E-state index is 0.209. The molecule has 2 N–H and O–H groups in total. The molecule has 176 valence electrons. The fraction of sp³-hybridized carbons (Fsp3) is 0.259. The molecule has 3 aromatic carbocycles. The number of halogens is 1. The molecule has 0 radical (unpaired) electrons. The summed E-state index contributed by atoms with van der Waals surface area (Å²) in [5.41, 5.74) is 4.20. The number of anilines is 2. The number of hydrogen-bond donors (Lipinski definition) is 2. The van der Waals surface area contributed by atoms with Gasteiger partial charge in [-0.25, -0.2) is 14.2 Å². The van der Waals surface area contributed by atoms with Crippen molar-refractivity contribution in [3.63, 3.8) is 0 Å². The Hall–Kier alpha value is -3.87. The van der Waals surface area contributed by atoms with E-state index in [-0.39, 0.29) is 17.4 Å². The van der Waals surface area contributed by atoms with Gasteiger partial charge in [0.05, 0.1) is 12.1 Å². The van der Waals surface area contributed by atoms with Gasteiger partial charge in [0.2, 0.25) is 0 Å². The van der Waals surface area contributed by atoms with Crippen molar-refractivity contribution in [2.75, 3.05) is 29.9 Å². The highest BCUT2D eigenvalue weighted by Crippen LogP contribution is 2.22. The first-order valence-electron chi connectivity index (χ1n) is 11.4. The number of piperazine rings is 1. The van der Waals surface area contributed by atoms with Gasteiger partial charge in [0.1, 0.15) is 5.82 Å². The minimum Gasteiger partial charge on any atom is -0.478 e. The summed E-state index contributed by atoms with van der Waals surface area (Å²) in [6.45, 7) is 7.01. The number of carboxylic acids is 1. The lowest BCUT2D eigenvalue weighted by atomic mass is 10.1. The molecular formula is C27H29FN4O2. The average molecular weight is 461 g/mol. The van der Waals surface area contributed by atoms with Gasteiger partial charge in [0.25, 0.3) is 0 Å². The number of aromatic carboxylic acids is 1. The van der Waals surface area contributed by atoms with E-state index in [1.54, 1.807) is 30.3 Å². The Morgan fingerprint density at radius 2 is 1.85 bits per heavy atom. The van der Waals surface area contributed by atoms with Crippen molar-refractivity contribution >= 4 is 23.3 Å². The first-order valence-corrected chi connectivity index (χ1v) is 11.4. The highest BCUT2D eigenvalue weighted by molar-refractivity contribution is 5.96. The Morgan fingerprint density at radius 3 is 2.56 bits per heavy atom. The van der Waals surface area contributed by atoms with E-state index < -0.39 is 5.97 Å². The van der Waals surface area contributed by atoms with Crippen LogP contribution in [0.1, 0.15) is 28.4 Å². The average Bonchev–Trinajstić information content (AvgIpc) is 2.83. The van der Waals surface area contributed by atoms with Gasteiger partial charge < -0.3 is 20.2 Å². The third-order valence-corrected chi connectivity index (χ3v) is 5.95.